The number of alkyl halides is 4. The molecule has 1 aromatic rings. The molecule has 0 saturated heterocycles. The predicted molar refractivity (Wildman–Crippen MR) is 33.2 cm³/mol. The summed E-state index contributed by atoms with van der Waals surface area (Å²) in [6, 6.07) is 0. The normalized spacial score (nSPS) is 11.5. The molecule has 0 fully saturated rings. The quantitative estimate of drug-likeness (QED) is 0.654. The summed E-state index contributed by atoms with van der Waals surface area (Å²) in [6.07, 6.45) is -3.55. The molecular weight excluding hydrogens is 176 g/mol. The first-order valence-corrected chi connectivity index (χ1v) is 3.17. The Balaban J connectivity index is 2.77. The van der Waals surface area contributed by atoms with Crippen molar-refractivity contribution in [2.75, 3.05) is 0 Å². The minimum Gasteiger partial charge on any atom is -0.324 e. The van der Waals surface area contributed by atoms with Crippen molar-refractivity contribution in [1.82, 2.24) is 9.55 Å². The molecule has 0 aliphatic rings. The molecule has 0 bridgehead atoms. The van der Waals surface area contributed by atoms with Gasteiger partial charge in [-0.25, -0.2) is 22.5 Å². The van der Waals surface area contributed by atoms with Crippen molar-refractivity contribution in [1.29, 1.82) is 0 Å². The van der Waals surface area contributed by atoms with Gasteiger partial charge in [-0.2, -0.15) is 0 Å². The zero-order chi connectivity index (χ0) is 9.14. The van der Waals surface area contributed by atoms with E-state index >= 15 is 0 Å². The first-order valence-electron chi connectivity index (χ1n) is 3.17. The molecular formula is C6H6F4N2. The van der Waals surface area contributed by atoms with Crippen LogP contribution in [0.4, 0.5) is 17.6 Å². The van der Waals surface area contributed by atoms with Crippen molar-refractivity contribution in [2.24, 2.45) is 0 Å². The fraction of sp³-hybridized carbons (Fsp3) is 0.500. The molecule has 0 radical (unpaired) electrons. The van der Waals surface area contributed by atoms with Gasteiger partial charge in [0.25, 0.3) is 12.9 Å². The molecule has 1 aromatic heterocycles. The predicted octanol–water partition coefficient (Wildman–Crippen LogP) is 2.09. The fourth-order valence-corrected chi connectivity index (χ4v) is 0.814. The summed E-state index contributed by atoms with van der Waals surface area (Å²) < 4.78 is 48.3. The zero-order valence-electron chi connectivity index (χ0n) is 5.92. The van der Waals surface area contributed by atoms with E-state index in [4.69, 9.17) is 0 Å². The summed E-state index contributed by atoms with van der Waals surface area (Å²) >= 11 is 0. The summed E-state index contributed by atoms with van der Waals surface area (Å²) in [5.41, 5.74) is -0.477. The van der Waals surface area contributed by atoms with Crippen LogP contribution in [0.25, 0.3) is 0 Å². The summed E-state index contributed by atoms with van der Waals surface area (Å²) in [7, 11) is 0. The van der Waals surface area contributed by atoms with Crippen LogP contribution >= 0.6 is 0 Å². The highest BCUT2D eigenvalue weighted by Crippen LogP contribution is 2.18. The lowest BCUT2D eigenvalue weighted by Crippen LogP contribution is -2.08. The molecule has 0 N–H and O–H groups in total. The largest absolute Gasteiger partial charge is 0.324 e. The fourth-order valence-electron chi connectivity index (χ4n) is 0.814. The Morgan fingerprint density at radius 3 is 2.50 bits per heavy atom. The van der Waals surface area contributed by atoms with Gasteiger partial charge >= 0.3 is 0 Å². The Morgan fingerprint density at radius 1 is 1.33 bits per heavy atom. The lowest BCUT2D eigenvalue weighted by molar-refractivity contribution is 0.109. The van der Waals surface area contributed by atoms with E-state index in [1.807, 2.05) is 0 Å². The molecule has 0 amide bonds. The van der Waals surface area contributed by atoms with E-state index in [-0.39, 0.29) is 0 Å². The summed E-state index contributed by atoms with van der Waals surface area (Å²) in [6.45, 7) is -0.736. The van der Waals surface area contributed by atoms with E-state index < -0.39 is 25.1 Å². The second-order valence-corrected chi connectivity index (χ2v) is 2.16. The van der Waals surface area contributed by atoms with Gasteiger partial charge in [0.2, 0.25) is 0 Å². The number of imidazole rings is 1. The van der Waals surface area contributed by atoms with Crippen LogP contribution in [0.1, 0.15) is 12.1 Å². The molecule has 12 heavy (non-hydrogen) atoms. The van der Waals surface area contributed by atoms with Crippen LogP contribution in [0.15, 0.2) is 12.5 Å². The van der Waals surface area contributed by atoms with Crippen LogP contribution in [-0.4, -0.2) is 16.0 Å². The van der Waals surface area contributed by atoms with Crippen molar-refractivity contribution < 1.29 is 17.6 Å². The molecule has 1 heterocycles. The van der Waals surface area contributed by atoms with E-state index in [2.05, 4.69) is 4.98 Å². The van der Waals surface area contributed by atoms with Crippen molar-refractivity contribution in [2.45, 2.75) is 19.4 Å². The van der Waals surface area contributed by atoms with Crippen LogP contribution in [0.3, 0.4) is 0 Å². The number of rotatable bonds is 3. The minimum atomic E-state index is -2.76. The monoisotopic (exact) mass is 182 g/mol. The molecule has 0 aromatic carbocycles. The molecule has 0 aliphatic heterocycles. The SMILES string of the molecule is FC(F)Cn1cncc1C(F)F. The lowest BCUT2D eigenvalue weighted by atomic mass is 10.5. The van der Waals surface area contributed by atoms with Gasteiger partial charge < -0.3 is 4.57 Å². The Hall–Kier alpha value is -1.07. The third-order valence-corrected chi connectivity index (χ3v) is 1.30. The maximum Gasteiger partial charge on any atom is 0.280 e. The van der Waals surface area contributed by atoms with Crippen molar-refractivity contribution in [3.63, 3.8) is 0 Å². The first-order chi connectivity index (χ1) is 5.61. The summed E-state index contributed by atoms with van der Waals surface area (Å²) in [5, 5.41) is 0. The Morgan fingerprint density at radius 2 is 2.00 bits per heavy atom. The average Bonchev–Trinajstić information content (AvgIpc) is 2.33. The van der Waals surface area contributed by atoms with E-state index in [0.29, 0.717) is 0 Å². The molecule has 2 nitrogen and oxygen atoms in total. The highest BCUT2D eigenvalue weighted by molar-refractivity contribution is 4.99. The van der Waals surface area contributed by atoms with Crippen LogP contribution < -0.4 is 0 Å². The van der Waals surface area contributed by atoms with Gasteiger partial charge in [0.1, 0.15) is 5.69 Å². The number of nitrogens with zero attached hydrogens (tertiary/aromatic N) is 2. The molecule has 0 aliphatic carbocycles. The van der Waals surface area contributed by atoms with Gasteiger partial charge in [-0.05, 0) is 0 Å². The standard InChI is InChI=1S/C6H6F4N2/c7-5(8)2-12-3-11-1-4(12)6(9)10/h1,3,5-6H,2H2. The van der Waals surface area contributed by atoms with Gasteiger partial charge in [-0.1, -0.05) is 0 Å². The zero-order valence-corrected chi connectivity index (χ0v) is 5.92. The Bertz CT molecular complexity index is 245. The third-order valence-electron chi connectivity index (χ3n) is 1.30. The second kappa shape index (κ2) is 3.55. The molecule has 0 spiro atoms. The number of hydrogen-bond acceptors (Lipinski definition) is 1. The van der Waals surface area contributed by atoms with E-state index in [1.165, 1.54) is 0 Å². The topological polar surface area (TPSA) is 17.8 Å². The number of hydrogen-bond donors (Lipinski definition) is 0. The Kier molecular flexibility index (Phi) is 2.67. The van der Waals surface area contributed by atoms with Gasteiger partial charge in [0.15, 0.2) is 0 Å². The highest BCUT2D eigenvalue weighted by atomic mass is 19.3. The second-order valence-electron chi connectivity index (χ2n) is 2.16. The molecule has 6 heteroatoms. The molecule has 0 saturated carbocycles. The number of aromatic nitrogens is 2. The first kappa shape index (κ1) is 9.02. The number of halogens is 4. The van der Waals surface area contributed by atoms with Gasteiger partial charge in [0.05, 0.1) is 19.1 Å². The van der Waals surface area contributed by atoms with Gasteiger partial charge in [-0.3, -0.25) is 0 Å². The maximum absolute atomic E-state index is 12.0. The van der Waals surface area contributed by atoms with E-state index in [9.17, 15) is 17.6 Å². The van der Waals surface area contributed by atoms with Crippen LogP contribution in [0, 0.1) is 0 Å². The van der Waals surface area contributed by atoms with Crippen LogP contribution in [0.5, 0.6) is 0 Å². The van der Waals surface area contributed by atoms with E-state index in [0.717, 1.165) is 17.1 Å². The van der Waals surface area contributed by atoms with Crippen LogP contribution in [-0.2, 0) is 6.54 Å². The van der Waals surface area contributed by atoms with Crippen LogP contribution in [0.2, 0.25) is 0 Å². The van der Waals surface area contributed by atoms with Gasteiger partial charge in [0, 0.05) is 0 Å². The smallest absolute Gasteiger partial charge is 0.280 e. The van der Waals surface area contributed by atoms with E-state index in [1.54, 1.807) is 0 Å². The minimum absolute atomic E-state index is 0.477. The lowest BCUT2D eigenvalue weighted by Gasteiger charge is -2.05. The molecule has 0 unspecified atom stereocenters. The van der Waals surface area contributed by atoms with Crippen molar-refractivity contribution in [3.05, 3.63) is 18.2 Å². The maximum atomic E-state index is 12.0. The molecule has 1 rings (SSSR count). The average molecular weight is 182 g/mol. The third kappa shape index (κ3) is 1.96. The van der Waals surface area contributed by atoms with Crippen molar-refractivity contribution >= 4 is 0 Å². The molecule has 0 atom stereocenters. The highest BCUT2D eigenvalue weighted by Gasteiger charge is 2.15. The summed E-state index contributed by atoms with van der Waals surface area (Å²) in [5.74, 6) is 0. The Labute approximate surface area is 65.8 Å². The van der Waals surface area contributed by atoms with Crippen molar-refractivity contribution in [3.8, 4) is 0 Å². The summed E-state index contributed by atoms with van der Waals surface area (Å²) in [4.78, 5) is 3.35. The van der Waals surface area contributed by atoms with Gasteiger partial charge in [-0.15, -0.1) is 0 Å². The molecule has 68 valence electrons.